The SMILES string of the molecule is OC[C@@H]1O[C@H](O[C@H]2[C@@H](O)[C@@H](O)[C@@H](O[C@H]3[C@@H](O)[C@@H](O)[C@@H](O[C@@H]4CO[C@@H](O)[C@@H](O)[C@@H]4O)O[C@H]3CO)O[C@H]2CO)[C@H](O)[C@H](O)[C@@H]1O. The lowest BCUT2D eigenvalue weighted by atomic mass is 9.96. The van der Waals surface area contributed by atoms with Crippen molar-refractivity contribution in [3.05, 3.63) is 0 Å². The van der Waals surface area contributed by atoms with Crippen LogP contribution in [0.25, 0.3) is 0 Å². The van der Waals surface area contributed by atoms with Gasteiger partial charge in [0.25, 0.3) is 0 Å². The molecule has 4 fully saturated rings. The molecule has 13 N–H and O–H groups in total. The first-order valence-corrected chi connectivity index (χ1v) is 13.5. The molecule has 4 saturated heterocycles. The zero-order valence-corrected chi connectivity index (χ0v) is 22.5. The molecule has 4 rings (SSSR count). The zero-order chi connectivity index (χ0) is 31.7. The molecule has 20 heteroatoms. The fourth-order valence-corrected chi connectivity index (χ4v) is 5.23. The molecule has 0 aromatic heterocycles. The second-order valence-corrected chi connectivity index (χ2v) is 10.7. The largest absolute Gasteiger partial charge is 0.394 e. The highest BCUT2D eigenvalue weighted by Crippen LogP contribution is 2.33. The zero-order valence-electron chi connectivity index (χ0n) is 22.5. The van der Waals surface area contributed by atoms with Crippen LogP contribution in [0.4, 0.5) is 0 Å². The highest BCUT2D eigenvalue weighted by molar-refractivity contribution is 4.97. The van der Waals surface area contributed by atoms with E-state index < -0.39 is 143 Å². The van der Waals surface area contributed by atoms with Crippen molar-refractivity contribution in [1.82, 2.24) is 0 Å². The van der Waals surface area contributed by atoms with Gasteiger partial charge in [-0.2, -0.15) is 0 Å². The lowest BCUT2D eigenvalue weighted by Crippen LogP contribution is -2.67. The summed E-state index contributed by atoms with van der Waals surface area (Å²) in [6.45, 7) is -2.92. The van der Waals surface area contributed by atoms with Gasteiger partial charge in [-0.3, -0.25) is 0 Å². The van der Waals surface area contributed by atoms with Crippen LogP contribution in [-0.2, 0) is 33.2 Å². The maximum Gasteiger partial charge on any atom is 0.187 e. The van der Waals surface area contributed by atoms with Crippen molar-refractivity contribution in [1.29, 1.82) is 0 Å². The molecular weight excluding hydrogens is 596 g/mol. The maximum atomic E-state index is 10.8. The minimum absolute atomic E-state index is 0.430. The number of ether oxygens (including phenoxy) is 7. The van der Waals surface area contributed by atoms with Crippen molar-refractivity contribution < 1.29 is 99.5 Å². The summed E-state index contributed by atoms with van der Waals surface area (Å²) < 4.78 is 37.5. The summed E-state index contributed by atoms with van der Waals surface area (Å²) in [5.41, 5.74) is 0. The summed E-state index contributed by atoms with van der Waals surface area (Å²) in [6, 6.07) is 0. The standard InChI is InChI=1S/C23H40O20/c24-1-5-9(27)11(29)15(33)22(38-5)42-19-7(3-26)40-23(17(35)13(19)31)43-18-6(2-25)39-21(16(34)12(18)30)41-8-4-37-20(36)14(32)10(8)28/h5-36H,1-4H2/t5-,6-,7-,8+,9+,10+,11+,12-,13-,14-,15+,16+,17+,18+,19+,20+,21+,22+,23+/m0/s1. The Balaban J connectivity index is 1.41. The molecule has 4 aliphatic heterocycles. The maximum absolute atomic E-state index is 10.8. The van der Waals surface area contributed by atoms with Crippen LogP contribution in [-0.4, -0.2) is 210 Å². The highest BCUT2D eigenvalue weighted by Gasteiger charge is 2.54. The first kappa shape index (κ1) is 35.1. The molecule has 0 aromatic rings. The average molecular weight is 637 g/mol. The van der Waals surface area contributed by atoms with Crippen molar-refractivity contribution >= 4 is 0 Å². The van der Waals surface area contributed by atoms with Gasteiger partial charge in [0, 0.05) is 0 Å². The lowest BCUT2D eigenvalue weighted by molar-refractivity contribution is -0.384. The average Bonchev–Trinajstić information content (AvgIpc) is 3.00. The quantitative estimate of drug-likeness (QED) is 0.112. The van der Waals surface area contributed by atoms with E-state index in [0.717, 1.165) is 0 Å². The monoisotopic (exact) mass is 636 g/mol. The van der Waals surface area contributed by atoms with E-state index in [2.05, 4.69) is 0 Å². The molecule has 0 unspecified atom stereocenters. The van der Waals surface area contributed by atoms with Crippen LogP contribution in [0.2, 0.25) is 0 Å². The summed E-state index contributed by atoms with van der Waals surface area (Å²) >= 11 is 0. The van der Waals surface area contributed by atoms with Crippen LogP contribution in [0, 0.1) is 0 Å². The second kappa shape index (κ2) is 14.7. The summed E-state index contributed by atoms with van der Waals surface area (Å²) in [7, 11) is 0. The second-order valence-electron chi connectivity index (χ2n) is 10.7. The summed E-state index contributed by atoms with van der Waals surface area (Å²) in [6.07, 6.45) is -32.5. The van der Waals surface area contributed by atoms with E-state index in [4.69, 9.17) is 33.2 Å². The molecule has 19 atom stereocenters. The molecule has 0 saturated carbocycles. The predicted molar refractivity (Wildman–Crippen MR) is 128 cm³/mol. The van der Waals surface area contributed by atoms with Gasteiger partial charge < -0.3 is 99.5 Å². The Morgan fingerprint density at radius 2 is 0.860 bits per heavy atom. The van der Waals surface area contributed by atoms with Crippen LogP contribution in [0.3, 0.4) is 0 Å². The molecular formula is C23H40O20. The van der Waals surface area contributed by atoms with Crippen LogP contribution in [0.5, 0.6) is 0 Å². The third kappa shape index (κ3) is 7.13. The lowest BCUT2D eigenvalue weighted by Gasteiger charge is -2.48. The number of rotatable bonds is 9. The minimum Gasteiger partial charge on any atom is -0.394 e. The highest BCUT2D eigenvalue weighted by atomic mass is 16.8. The predicted octanol–water partition coefficient (Wildman–Crippen LogP) is -9.11. The first-order valence-electron chi connectivity index (χ1n) is 13.5. The van der Waals surface area contributed by atoms with Crippen LogP contribution < -0.4 is 0 Å². The fourth-order valence-electron chi connectivity index (χ4n) is 5.23. The van der Waals surface area contributed by atoms with E-state index >= 15 is 0 Å². The number of hydrogen-bond acceptors (Lipinski definition) is 20. The molecule has 0 bridgehead atoms. The van der Waals surface area contributed by atoms with Gasteiger partial charge in [-0.15, -0.1) is 0 Å². The van der Waals surface area contributed by atoms with Gasteiger partial charge in [0.1, 0.15) is 91.6 Å². The van der Waals surface area contributed by atoms with Gasteiger partial charge in [-0.05, 0) is 0 Å². The van der Waals surface area contributed by atoms with Gasteiger partial charge in [-0.1, -0.05) is 0 Å². The normalized spacial score (nSPS) is 53.1. The Bertz CT molecular complexity index is 865. The molecule has 0 spiro atoms. The summed E-state index contributed by atoms with van der Waals surface area (Å²) in [4.78, 5) is 0. The van der Waals surface area contributed by atoms with Crippen LogP contribution in [0.1, 0.15) is 0 Å². The van der Waals surface area contributed by atoms with Gasteiger partial charge in [0.2, 0.25) is 0 Å². The molecule has 0 aliphatic carbocycles. The van der Waals surface area contributed by atoms with E-state index in [1.165, 1.54) is 0 Å². The van der Waals surface area contributed by atoms with Crippen molar-refractivity contribution in [3.63, 3.8) is 0 Å². The molecule has 0 radical (unpaired) electrons. The summed E-state index contributed by atoms with van der Waals surface area (Å²) in [5, 5.41) is 132. The minimum atomic E-state index is -1.99. The molecule has 0 aromatic carbocycles. The fraction of sp³-hybridized carbons (Fsp3) is 1.00. The van der Waals surface area contributed by atoms with E-state index in [9.17, 15) is 66.4 Å². The van der Waals surface area contributed by atoms with Gasteiger partial charge >= 0.3 is 0 Å². The Morgan fingerprint density at radius 3 is 1.33 bits per heavy atom. The van der Waals surface area contributed by atoms with Crippen molar-refractivity contribution in [3.8, 4) is 0 Å². The third-order valence-corrected chi connectivity index (χ3v) is 7.84. The third-order valence-electron chi connectivity index (χ3n) is 7.84. The van der Waals surface area contributed by atoms with Crippen LogP contribution >= 0.6 is 0 Å². The van der Waals surface area contributed by atoms with Gasteiger partial charge in [0.05, 0.1) is 26.4 Å². The van der Waals surface area contributed by atoms with E-state index in [1.54, 1.807) is 0 Å². The molecule has 0 amide bonds. The van der Waals surface area contributed by atoms with Crippen molar-refractivity contribution in [2.75, 3.05) is 26.4 Å². The summed E-state index contributed by atoms with van der Waals surface area (Å²) in [5.74, 6) is 0. The number of hydrogen-bond donors (Lipinski definition) is 13. The Kier molecular flexibility index (Phi) is 12.0. The smallest absolute Gasteiger partial charge is 0.187 e. The number of aliphatic hydroxyl groups is 13. The molecule has 252 valence electrons. The topological polar surface area (TPSA) is 328 Å². The van der Waals surface area contributed by atoms with E-state index in [1.807, 2.05) is 0 Å². The van der Waals surface area contributed by atoms with Gasteiger partial charge in [-0.25, -0.2) is 0 Å². The number of aliphatic hydroxyl groups excluding tert-OH is 13. The molecule has 43 heavy (non-hydrogen) atoms. The molecule has 4 aliphatic rings. The Labute approximate surface area is 243 Å². The van der Waals surface area contributed by atoms with E-state index in [0.29, 0.717) is 0 Å². The Hall–Kier alpha value is -0.800. The van der Waals surface area contributed by atoms with Gasteiger partial charge in [0.15, 0.2) is 25.2 Å². The molecule has 20 nitrogen and oxygen atoms in total. The van der Waals surface area contributed by atoms with Crippen molar-refractivity contribution in [2.45, 2.75) is 117 Å². The molecule has 4 heterocycles. The van der Waals surface area contributed by atoms with Crippen LogP contribution in [0.15, 0.2) is 0 Å². The Morgan fingerprint density at radius 1 is 0.442 bits per heavy atom. The van der Waals surface area contributed by atoms with Crippen molar-refractivity contribution in [2.24, 2.45) is 0 Å². The van der Waals surface area contributed by atoms with E-state index in [-0.39, 0.29) is 0 Å². The first-order chi connectivity index (χ1) is 20.3.